The second-order valence-electron chi connectivity index (χ2n) is 7.25. The van der Waals surface area contributed by atoms with Gasteiger partial charge in [-0.3, -0.25) is 4.79 Å². The van der Waals surface area contributed by atoms with Crippen molar-refractivity contribution in [2.45, 2.75) is 32.6 Å². The maximum atomic E-state index is 14.6. The number of esters is 1. The van der Waals surface area contributed by atoms with E-state index in [1.165, 1.54) is 13.2 Å². The summed E-state index contributed by atoms with van der Waals surface area (Å²) in [6, 6.07) is 4.36. The first-order valence-corrected chi connectivity index (χ1v) is 8.91. The van der Waals surface area contributed by atoms with Crippen LogP contribution in [-0.2, 0) is 19.1 Å². The fourth-order valence-electron chi connectivity index (χ4n) is 3.54. The maximum absolute atomic E-state index is 14.6. The Kier molecular flexibility index (Phi) is 4.69. The molecule has 0 amide bonds. The van der Waals surface area contributed by atoms with E-state index in [2.05, 4.69) is 15.9 Å². The van der Waals surface area contributed by atoms with Crippen molar-refractivity contribution in [1.29, 1.82) is 0 Å². The minimum atomic E-state index is -0.965. The Labute approximate surface area is 159 Å². The number of ether oxygens (including phenoxy) is 2. The quantitative estimate of drug-likeness (QED) is 0.733. The number of ketones is 1. The van der Waals surface area contributed by atoms with Crippen LogP contribution in [0.15, 0.2) is 45.5 Å². The van der Waals surface area contributed by atoms with Gasteiger partial charge in [-0.2, -0.15) is 0 Å². The molecule has 1 heterocycles. The second-order valence-corrected chi connectivity index (χ2v) is 8.16. The number of methoxy groups -OCH3 is 1. The molecule has 138 valence electrons. The van der Waals surface area contributed by atoms with Crippen molar-refractivity contribution in [3.63, 3.8) is 0 Å². The fourth-order valence-corrected chi connectivity index (χ4v) is 3.92. The number of benzene rings is 1. The zero-order chi connectivity index (χ0) is 19.2. The molecule has 1 atom stereocenters. The number of carbonyl (C=O) groups excluding carboxylic acids is 2. The van der Waals surface area contributed by atoms with E-state index in [0.29, 0.717) is 16.7 Å². The van der Waals surface area contributed by atoms with Crippen molar-refractivity contribution in [2.24, 2.45) is 11.1 Å². The van der Waals surface area contributed by atoms with Gasteiger partial charge in [-0.1, -0.05) is 29.8 Å². The number of hydrogen-bond donors (Lipinski definition) is 1. The van der Waals surface area contributed by atoms with Crippen LogP contribution in [0.2, 0.25) is 0 Å². The van der Waals surface area contributed by atoms with E-state index in [0.717, 1.165) is 0 Å². The highest BCUT2D eigenvalue weighted by atomic mass is 79.9. The maximum Gasteiger partial charge on any atom is 0.340 e. The third-order valence-electron chi connectivity index (χ3n) is 4.63. The van der Waals surface area contributed by atoms with Gasteiger partial charge in [0.05, 0.1) is 13.0 Å². The molecule has 2 N–H and O–H groups in total. The van der Waals surface area contributed by atoms with E-state index in [1.807, 2.05) is 13.8 Å². The molecule has 1 aromatic rings. The Morgan fingerprint density at radius 1 is 1.38 bits per heavy atom. The normalized spacial score (nSPS) is 22.0. The summed E-state index contributed by atoms with van der Waals surface area (Å²) in [5.41, 5.74) is 6.07. The van der Waals surface area contributed by atoms with Gasteiger partial charge in [-0.25, -0.2) is 9.18 Å². The average molecular weight is 424 g/mol. The molecule has 0 radical (unpaired) electrons. The molecular weight excluding hydrogens is 405 g/mol. The lowest BCUT2D eigenvalue weighted by Gasteiger charge is -2.37. The summed E-state index contributed by atoms with van der Waals surface area (Å²) in [6.45, 7) is 3.89. The number of Topliss-reactive ketones (excluding diaryl/α,β-unsaturated/α-hetero) is 1. The SMILES string of the molecule is COC(=O)C1=C(N)OC2=C(C(=O)CC(C)(C)C2)C1c1cc(Br)ccc1F. The zero-order valence-electron chi connectivity index (χ0n) is 14.7. The Hall–Kier alpha value is -2.15. The molecule has 0 saturated heterocycles. The number of rotatable bonds is 2. The fraction of sp³-hybridized carbons (Fsp3) is 0.368. The van der Waals surface area contributed by atoms with Crippen LogP contribution in [0.25, 0.3) is 0 Å². The van der Waals surface area contributed by atoms with E-state index in [-0.39, 0.29) is 40.2 Å². The van der Waals surface area contributed by atoms with Gasteiger partial charge < -0.3 is 15.2 Å². The number of carbonyl (C=O) groups is 2. The van der Waals surface area contributed by atoms with Gasteiger partial charge in [-0.05, 0) is 23.6 Å². The van der Waals surface area contributed by atoms with Gasteiger partial charge in [0.25, 0.3) is 0 Å². The van der Waals surface area contributed by atoms with Crippen molar-refractivity contribution in [1.82, 2.24) is 0 Å². The number of halogens is 2. The molecule has 0 aromatic heterocycles. The summed E-state index contributed by atoms with van der Waals surface area (Å²) in [6.07, 6.45) is 0.741. The molecule has 0 bridgehead atoms. The predicted octanol–water partition coefficient (Wildman–Crippen LogP) is 3.69. The Morgan fingerprint density at radius 2 is 2.08 bits per heavy atom. The van der Waals surface area contributed by atoms with Crippen LogP contribution in [0.4, 0.5) is 4.39 Å². The molecule has 1 aliphatic carbocycles. The lowest BCUT2D eigenvalue weighted by molar-refractivity contribution is -0.136. The summed E-state index contributed by atoms with van der Waals surface area (Å²) >= 11 is 3.31. The predicted molar refractivity (Wildman–Crippen MR) is 96.2 cm³/mol. The molecule has 0 saturated carbocycles. The van der Waals surface area contributed by atoms with Gasteiger partial charge in [0.15, 0.2) is 5.78 Å². The van der Waals surface area contributed by atoms with Crippen molar-refractivity contribution < 1.29 is 23.5 Å². The Morgan fingerprint density at radius 3 is 2.73 bits per heavy atom. The molecule has 1 unspecified atom stereocenters. The lowest BCUT2D eigenvalue weighted by Crippen LogP contribution is -2.35. The Balaban J connectivity index is 2.26. The molecule has 3 rings (SSSR count). The molecule has 0 fully saturated rings. The van der Waals surface area contributed by atoms with Crippen LogP contribution in [-0.4, -0.2) is 18.9 Å². The van der Waals surface area contributed by atoms with E-state index in [4.69, 9.17) is 15.2 Å². The van der Waals surface area contributed by atoms with Crippen LogP contribution in [0.3, 0.4) is 0 Å². The van der Waals surface area contributed by atoms with Crippen molar-refractivity contribution in [3.8, 4) is 0 Å². The molecule has 5 nitrogen and oxygen atoms in total. The van der Waals surface area contributed by atoms with Crippen LogP contribution in [0.1, 0.15) is 38.2 Å². The van der Waals surface area contributed by atoms with Crippen molar-refractivity contribution >= 4 is 27.7 Å². The highest BCUT2D eigenvalue weighted by Gasteiger charge is 2.45. The summed E-state index contributed by atoms with van der Waals surface area (Å²) in [7, 11) is 1.20. The number of nitrogens with two attached hydrogens (primary N) is 1. The molecule has 26 heavy (non-hydrogen) atoms. The van der Waals surface area contributed by atoms with Gasteiger partial charge in [-0.15, -0.1) is 0 Å². The summed E-state index contributed by atoms with van der Waals surface area (Å²) in [5.74, 6) is -2.22. The van der Waals surface area contributed by atoms with Crippen LogP contribution in [0.5, 0.6) is 0 Å². The van der Waals surface area contributed by atoms with E-state index in [1.54, 1.807) is 12.1 Å². The summed E-state index contributed by atoms with van der Waals surface area (Å²) < 4.78 is 25.7. The van der Waals surface area contributed by atoms with Crippen LogP contribution >= 0.6 is 15.9 Å². The zero-order valence-corrected chi connectivity index (χ0v) is 16.3. The van der Waals surface area contributed by atoms with Gasteiger partial charge >= 0.3 is 5.97 Å². The highest BCUT2D eigenvalue weighted by Crippen LogP contribution is 2.48. The molecule has 0 spiro atoms. The third kappa shape index (κ3) is 3.16. The second kappa shape index (κ2) is 6.54. The van der Waals surface area contributed by atoms with E-state index >= 15 is 0 Å². The topological polar surface area (TPSA) is 78.6 Å². The van der Waals surface area contributed by atoms with Crippen molar-refractivity contribution in [3.05, 3.63) is 56.8 Å². The number of hydrogen-bond acceptors (Lipinski definition) is 5. The van der Waals surface area contributed by atoms with E-state index < -0.39 is 17.7 Å². The Bertz CT molecular complexity index is 872. The van der Waals surface area contributed by atoms with E-state index in [9.17, 15) is 14.0 Å². The first kappa shape index (κ1) is 18.6. The van der Waals surface area contributed by atoms with Gasteiger partial charge in [0.1, 0.15) is 17.1 Å². The largest absolute Gasteiger partial charge is 0.465 e. The standard InChI is InChI=1S/C19H19BrFNO4/c1-19(2)7-12(23)15-13(8-19)26-17(22)16(18(24)25-3)14(15)10-6-9(20)4-5-11(10)21/h4-6,14H,7-8,22H2,1-3H3. The molecule has 1 aliphatic heterocycles. The molecule has 2 aliphatic rings. The molecule has 7 heteroatoms. The lowest BCUT2D eigenvalue weighted by atomic mass is 9.70. The third-order valence-corrected chi connectivity index (χ3v) is 5.12. The monoisotopic (exact) mass is 423 g/mol. The van der Waals surface area contributed by atoms with Crippen LogP contribution in [0, 0.1) is 11.2 Å². The van der Waals surface area contributed by atoms with Crippen molar-refractivity contribution in [2.75, 3.05) is 7.11 Å². The highest BCUT2D eigenvalue weighted by molar-refractivity contribution is 9.10. The molecular formula is C19H19BrFNO4. The molecule has 1 aromatic carbocycles. The minimum absolute atomic E-state index is 0.0590. The first-order valence-electron chi connectivity index (χ1n) is 8.11. The summed E-state index contributed by atoms with van der Waals surface area (Å²) in [5, 5.41) is 0. The minimum Gasteiger partial charge on any atom is -0.465 e. The smallest absolute Gasteiger partial charge is 0.340 e. The van der Waals surface area contributed by atoms with Gasteiger partial charge in [0, 0.05) is 28.5 Å². The first-order chi connectivity index (χ1) is 12.1. The summed E-state index contributed by atoms with van der Waals surface area (Å²) in [4.78, 5) is 25.3. The van der Waals surface area contributed by atoms with Gasteiger partial charge in [0.2, 0.25) is 5.88 Å². The number of allylic oxidation sites excluding steroid dienone is 2. The average Bonchev–Trinajstić information content (AvgIpc) is 2.54. The van der Waals surface area contributed by atoms with Crippen LogP contribution < -0.4 is 5.73 Å².